The number of benzene rings is 7. The zero-order chi connectivity index (χ0) is 33.8. The lowest BCUT2D eigenvalue weighted by Gasteiger charge is -2.28. The topological polar surface area (TPSA) is 3.24 Å². The largest absolute Gasteiger partial charge is 0.310 e. The van der Waals surface area contributed by atoms with E-state index >= 15 is 0 Å². The Kier molecular flexibility index (Phi) is 6.21. The van der Waals surface area contributed by atoms with Crippen LogP contribution in [0.5, 0.6) is 0 Å². The summed E-state index contributed by atoms with van der Waals surface area (Å²) in [6, 6.07) is 56.8. The van der Waals surface area contributed by atoms with Crippen LogP contribution in [-0.2, 0) is 10.8 Å². The van der Waals surface area contributed by atoms with Crippen molar-refractivity contribution in [1.29, 1.82) is 0 Å². The molecule has 0 bridgehead atoms. The second kappa shape index (κ2) is 10.5. The van der Waals surface area contributed by atoms with Crippen LogP contribution in [0.1, 0.15) is 49.9 Å². The van der Waals surface area contributed by atoms with Crippen LogP contribution in [0.15, 0.2) is 152 Å². The lowest BCUT2D eigenvalue weighted by Crippen LogP contribution is -2.16. The van der Waals surface area contributed by atoms with Crippen LogP contribution in [0.3, 0.4) is 0 Å². The molecule has 50 heavy (non-hydrogen) atoms. The molecule has 0 unspecified atom stereocenters. The van der Waals surface area contributed by atoms with Crippen molar-refractivity contribution in [3.05, 3.63) is 174 Å². The molecule has 7 aromatic carbocycles. The van der Waals surface area contributed by atoms with Gasteiger partial charge in [0.2, 0.25) is 0 Å². The maximum absolute atomic E-state index is 2.45. The minimum Gasteiger partial charge on any atom is -0.310 e. The molecule has 1 nitrogen and oxygen atoms in total. The third-order valence-corrected chi connectivity index (χ3v) is 12.6. The van der Waals surface area contributed by atoms with Crippen molar-refractivity contribution >= 4 is 48.6 Å². The fourth-order valence-corrected chi connectivity index (χ4v) is 9.94. The first kappa shape index (κ1) is 29.5. The standard InChI is InChI=1S/C48H37NS/c1-47(2)41-14-8-5-11-35(41)38-28-33(22-24-43(38)47)49(34-23-25-44-39(29-34)36-12-6-9-15-42(36)48(44,3)4)32-20-17-30(18-21-32)31-19-26-46-40(27-31)37-13-7-10-16-45(37)50-46/h5-29H,1-4H3. The Labute approximate surface area is 298 Å². The van der Waals surface area contributed by atoms with E-state index in [0.29, 0.717) is 0 Å². The van der Waals surface area contributed by atoms with Crippen LogP contribution in [-0.4, -0.2) is 0 Å². The molecule has 10 rings (SSSR count). The summed E-state index contributed by atoms with van der Waals surface area (Å²) in [4.78, 5) is 2.45. The van der Waals surface area contributed by atoms with Crippen LogP contribution in [0, 0.1) is 0 Å². The van der Waals surface area contributed by atoms with E-state index in [1.54, 1.807) is 0 Å². The molecule has 1 aromatic heterocycles. The molecule has 0 atom stereocenters. The lowest BCUT2D eigenvalue weighted by molar-refractivity contribution is 0.660. The highest BCUT2D eigenvalue weighted by molar-refractivity contribution is 7.25. The van der Waals surface area contributed by atoms with Crippen molar-refractivity contribution in [2.75, 3.05) is 4.90 Å². The Morgan fingerprint density at radius 3 is 1.48 bits per heavy atom. The summed E-state index contributed by atoms with van der Waals surface area (Å²) in [5.41, 5.74) is 16.8. The van der Waals surface area contributed by atoms with Crippen LogP contribution in [0.2, 0.25) is 0 Å². The van der Waals surface area contributed by atoms with Crippen LogP contribution in [0.4, 0.5) is 17.1 Å². The molecule has 0 saturated carbocycles. The highest BCUT2D eigenvalue weighted by atomic mass is 32.1. The van der Waals surface area contributed by atoms with Gasteiger partial charge in [0.15, 0.2) is 0 Å². The number of nitrogens with zero attached hydrogens (tertiary/aromatic N) is 1. The van der Waals surface area contributed by atoms with Gasteiger partial charge < -0.3 is 4.90 Å². The van der Waals surface area contributed by atoms with Gasteiger partial charge in [-0.15, -0.1) is 11.3 Å². The van der Waals surface area contributed by atoms with Crippen molar-refractivity contribution in [2.24, 2.45) is 0 Å². The highest BCUT2D eigenvalue weighted by Gasteiger charge is 2.37. The van der Waals surface area contributed by atoms with Gasteiger partial charge >= 0.3 is 0 Å². The zero-order valence-corrected chi connectivity index (χ0v) is 29.6. The molecule has 0 spiro atoms. The zero-order valence-electron chi connectivity index (χ0n) is 28.8. The van der Waals surface area contributed by atoms with Gasteiger partial charge in [0, 0.05) is 48.1 Å². The number of hydrogen-bond donors (Lipinski definition) is 0. The average Bonchev–Trinajstić information content (AvgIpc) is 3.71. The molecule has 0 fully saturated rings. The Bertz CT molecular complexity index is 2550. The van der Waals surface area contributed by atoms with Gasteiger partial charge in [-0.2, -0.15) is 0 Å². The minimum absolute atomic E-state index is 0.0331. The van der Waals surface area contributed by atoms with E-state index in [1.807, 2.05) is 11.3 Å². The minimum atomic E-state index is -0.0331. The van der Waals surface area contributed by atoms with Gasteiger partial charge in [-0.05, 0) is 110 Å². The summed E-state index contributed by atoms with van der Waals surface area (Å²) in [5, 5.41) is 2.66. The first-order valence-corrected chi connectivity index (χ1v) is 18.4. The molecule has 1 heterocycles. The van der Waals surface area contributed by atoms with Gasteiger partial charge in [-0.1, -0.05) is 125 Å². The summed E-state index contributed by atoms with van der Waals surface area (Å²) >= 11 is 1.87. The normalized spacial score (nSPS) is 14.7. The molecule has 0 saturated heterocycles. The lowest BCUT2D eigenvalue weighted by atomic mass is 9.82. The number of thiophene rings is 1. The molecule has 2 aliphatic carbocycles. The number of fused-ring (bicyclic) bond motifs is 9. The predicted octanol–water partition coefficient (Wildman–Crippen LogP) is 13.8. The summed E-state index contributed by atoms with van der Waals surface area (Å²) in [5.74, 6) is 0. The van der Waals surface area contributed by atoms with E-state index in [4.69, 9.17) is 0 Å². The Morgan fingerprint density at radius 1 is 0.380 bits per heavy atom. The second-order valence-corrected chi connectivity index (χ2v) is 16.1. The summed E-state index contributed by atoms with van der Waals surface area (Å²) < 4.78 is 2.67. The van der Waals surface area contributed by atoms with E-state index < -0.39 is 0 Å². The second-order valence-electron chi connectivity index (χ2n) is 15.0. The van der Waals surface area contributed by atoms with Gasteiger partial charge in [0.25, 0.3) is 0 Å². The van der Waals surface area contributed by atoms with Crippen molar-refractivity contribution in [3.63, 3.8) is 0 Å². The van der Waals surface area contributed by atoms with Crippen LogP contribution >= 0.6 is 11.3 Å². The molecule has 8 aromatic rings. The molecule has 240 valence electrons. The maximum Gasteiger partial charge on any atom is 0.0468 e. The highest BCUT2D eigenvalue weighted by Crippen LogP contribution is 2.53. The molecular formula is C48H37NS. The Balaban J connectivity index is 1.13. The van der Waals surface area contributed by atoms with Crippen molar-refractivity contribution in [3.8, 4) is 33.4 Å². The van der Waals surface area contributed by atoms with E-state index in [9.17, 15) is 0 Å². The fraction of sp³-hybridized carbons (Fsp3) is 0.125. The van der Waals surface area contributed by atoms with Gasteiger partial charge in [-0.3, -0.25) is 0 Å². The van der Waals surface area contributed by atoms with Gasteiger partial charge in [-0.25, -0.2) is 0 Å². The first-order chi connectivity index (χ1) is 24.3. The quantitative estimate of drug-likeness (QED) is 0.182. The Hall–Kier alpha value is -5.44. The third kappa shape index (κ3) is 4.18. The summed E-state index contributed by atoms with van der Waals surface area (Å²) in [6.07, 6.45) is 0. The van der Waals surface area contributed by atoms with Crippen LogP contribution in [0.25, 0.3) is 53.6 Å². The molecule has 0 radical (unpaired) electrons. The van der Waals surface area contributed by atoms with Crippen molar-refractivity contribution in [2.45, 2.75) is 38.5 Å². The average molecular weight is 660 g/mol. The third-order valence-electron chi connectivity index (χ3n) is 11.5. The Morgan fingerprint density at radius 2 is 0.860 bits per heavy atom. The molecule has 0 aliphatic heterocycles. The number of hydrogen-bond acceptors (Lipinski definition) is 2. The number of anilines is 3. The van der Waals surface area contributed by atoms with Crippen molar-refractivity contribution < 1.29 is 0 Å². The molecular weight excluding hydrogens is 623 g/mol. The molecule has 0 amide bonds. The van der Waals surface area contributed by atoms with E-state index in [2.05, 4.69) is 184 Å². The first-order valence-electron chi connectivity index (χ1n) is 17.6. The van der Waals surface area contributed by atoms with Gasteiger partial charge in [0.05, 0.1) is 0 Å². The van der Waals surface area contributed by atoms with Crippen molar-refractivity contribution in [1.82, 2.24) is 0 Å². The predicted molar refractivity (Wildman–Crippen MR) is 215 cm³/mol. The van der Waals surface area contributed by atoms with E-state index in [1.165, 1.54) is 87.2 Å². The summed E-state index contributed by atoms with van der Waals surface area (Å²) in [6.45, 7) is 9.40. The molecule has 2 heteroatoms. The van der Waals surface area contributed by atoms with Gasteiger partial charge in [0.1, 0.15) is 0 Å². The molecule has 0 N–H and O–H groups in total. The molecule has 2 aliphatic rings. The monoisotopic (exact) mass is 659 g/mol. The van der Waals surface area contributed by atoms with E-state index in [0.717, 1.165) is 5.69 Å². The smallest absolute Gasteiger partial charge is 0.0468 e. The summed E-state index contributed by atoms with van der Waals surface area (Å²) in [7, 11) is 0. The van der Waals surface area contributed by atoms with E-state index in [-0.39, 0.29) is 10.8 Å². The fourth-order valence-electron chi connectivity index (χ4n) is 8.85. The SMILES string of the molecule is CC1(C)c2ccccc2-c2cc(N(c3ccc(-c4ccc5sc6ccccc6c5c4)cc3)c3ccc4c(c3)-c3ccccc3C4(C)C)ccc21. The van der Waals surface area contributed by atoms with Crippen LogP contribution < -0.4 is 4.90 Å². The maximum atomic E-state index is 2.45. The number of rotatable bonds is 4.